The quantitative estimate of drug-likeness (QED) is 0.892. The largest absolute Gasteiger partial charge is 0.373 e. The van der Waals surface area contributed by atoms with Gasteiger partial charge in [-0.3, -0.25) is 0 Å². The molecule has 112 valence electrons. The first kappa shape index (κ1) is 15.2. The third kappa shape index (κ3) is 3.11. The van der Waals surface area contributed by atoms with Gasteiger partial charge in [0, 0.05) is 32.4 Å². The summed E-state index contributed by atoms with van der Waals surface area (Å²) in [5.41, 5.74) is 0. The molecule has 0 aromatic carbocycles. The van der Waals surface area contributed by atoms with Crippen molar-refractivity contribution in [1.29, 1.82) is 0 Å². The van der Waals surface area contributed by atoms with Gasteiger partial charge in [-0.1, -0.05) is 0 Å². The van der Waals surface area contributed by atoms with Crippen LogP contribution in [0.25, 0.3) is 0 Å². The summed E-state index contributed by atoms with van der Waals surface area (Å²) in [6.45, 7) is 1.13. The van der Waals surface area contributed by atoms with Gasteiger partial charge in [-0.25, -0.2) is 13.4 Å². The summed E-state index contributed by atoms with van der Waals surface area (Å²) in [7, 11) is 2.30. The number of piperidine rings is 1. The van der Waals surface area contributed by atoms with Crippen molar-refractivity contribution in [2.75, 3.05) is 39.5 Å². The van der Waals surface area contributed by atoms with E-state index < -0.39 is 10.0 Å². The zero-order valence-electron chi connectivity index (χ0n) is 12.2. The molecule has 1 aromatic rings. The van der Waals surface area contributed by atoms with Crippen molar-refractivity contribution < 1.29 is 8.42 Å². The minimum absolute atomic E-state index is 0.260. The summed E-state index contributed by atoms with van der Waals surface area (Å²) in [4.78, 5) is 6.43. The molecule has 0 saturated carbocycles. The van der Waals surface area contributed by atoms with Crippen molar-refractivity contribution in [3.8, 4) is 0 Å². The zero-order valence-corrected chi connectivity index (χ0v) is 13.0. The summed E-state index contributed by atoms with van der Waals surface area (Å²) in [6, 6.07) is 3.57. The molecule has 2 heterocycles. The molecule has 2 rings (SSSR count). The highest BCUT2D eigenvalue weighted by Gasteiger charge is 2.31. The Bertz CT molecular complexity index is 542. The number of pyridine rings is 1. The Morgan fingerprint density at radius 3 is 2.70 bits per heavy atom. The number of hydrogen-bond acceptors (Lipinski definition) is 5. The molecule has 0 radical (unpaired) electrons. The van der Waals surface area contributed by atoms with E-state index in [4.69, 9.17) is 0 Å². The molecule has 1 N–H and O–H groups in total. The topological polar surface area (TPSA) is 65.5 Å². The van der Waals surface area contributed by atoms with E-state index in [-0.39, 0.29) is 10.9 Å². The number of rotatable bonds is 4. The zero-order chi connectivity index (χ0) is 14.8. The van der Waals surface area contributed by atoms with E-state index in [1.807, 2.05) is 14.1 Å². The average Bonchev–Trinajstić information content (AvgIpc) is 2.47. The predicted octanol–water partition coefficient (Wildman–Crippen LogP) is 0.838. The molecule has 1 saturated heterocycles. The highest BCUT2D eigenvalue weighted by atomic mass is 32.2. The molecular formula is C13H22N4O2S. The van der Waals surface area contributed by atoms with Crippen molar-refractivity contribution in [2.24, 2.45) is 0 Å². The maximum atomic E-state index is 12.6. The maximum absolute atomic E-state index is 12.6. The lowest BCUT2D eigenvalue weighted by Gasteiger charge is -2.35. The van der Waals surface area contributed by atoms with Crippen LogP contribution >= 0.6 is 0 Å². The molecular weight excluding hydrogens is 276 g/mol. The second-order valence-electron chi connectivity index (χ2n) is 5.25. The Hall–Kier alpha value is -1.18. The maximum Gasteiger partial charge on any atom is 0.244 e. The molecule has 6 nitrogen and oxygen atoms in total. The number of sulfonamides is 1. The van der Waals surface area contributed by atoms with Crippen LogP contribution in [-0.4, -0.2) is 62.9 Å². The molecule has 1 atom stereocenters. The van der Waals surface area contributed by atoms with Crippen molar-refractivity contribution >= 4 is 15.8 Å². The SMILES string of the molecule is CNc1ccc(S(=O)(=O)N2CCCC(N(C)C)C2)cn1. The number of hydrogen-bond donors (Lipinski definition) is 1. The molecule has 0 spiro atoms. The van der Waals surface area contributed by atoms with Gasteiger partial charge in [0.2, 0.25) is 10.0 Å². The van der Waals surface area contributed by atoms with Crippen LogP contribution in [0, 0.1) is 0 Å². The van der Waals surface area contributed by atoms with Gasteiger partial charge in [-0.2, -0.15) is 4.31 Å². The summed E-state index contributed by atoms with van der Waals surface area (Å²) in [5, 5.41) is 2.88. The molecule has 1 aromatic heterocycles. The molecule has 7 heteroatoms. The Labute approximate surface area is 120 Å². The van der Waals surface area contributed by atoms with Crippen molar-refractivity contribution in [2.45, 2.75) is 23.8 Å². The summed E-state index contributed by atoms with van der Waals surface area (Å²) < 4.78 is 26.8. The lowest BCUT2D eigenvalue weighted by molar-refractivity contribution is 0.190. The minimum atomic E-state index is -3.44. The van der Waals surface area contributed by atoms with E-state index >= 15 is 0 Å². The molecule has 1 aliphatic rings. The number of nitrogens with zero attached hydrogens (tertiary/aromatic N) is 3. The minimum Gasteiger partial charge on any atom is -0.373 e. The Balaban J connectivity index is 2.20. The van der Waals surface area contributed by atoms with Crippen LogP contribution in [0.2, 0.25) is 0 Å². The van der Waals surface area contributed by atoms with E-state index in [1.54, 1.807) is 23.5 Å². The van der Waals surface area contributed by atoms with Crippen molar-refractivity contribution in [3.05, 3.63) is 18.3 Å². The molecule has 0 bridgehead atoms. The van der Waals surface area contributed by atoms with Crippen LogP contribution in [0.5, 0.6) is 0 Å². The fourth-order valence-electron chi connectivity index (χ4n) is 2.39. The molecule has 1 unspecified atom stereocenters. The summed E-state index contributed by atoms with van der Waals surface area (Å²) in [6.07, 6.45) is 3.35. The molecule has 1 aliphatic heterocycles. The third-order valence-electron chi connectivity index (χ3n) is 3.72. The Morgan fingerprint density at radius 2 is 2.15 bits per heavy atom. The first-order chi connectivity index (χ1) is 9.45. The van der Waals surface area contributed by atoms with Crippen LogP contribution in [-0.2, 0) is 10.0 Å². The van der Waals surface area contributed by atoms with Gasteiger partial charge >= 0.3 is 0 Å². The van der Waals surface area contributed by atoms with Gasteiger partial charge in [0.05, 0.1) is 0 Å². The van der Waals surface area contributed by atoms with Crippen LogP contribution < -0.4 is 5.32 Å². The number of nitrogens with one attached hydrogen (secondary N) is 1. The fraction of sp³-hybridized carbons (Fsp3) is 0.615. The Morgan fingerprint density at radius 1 is 1.40 bits per heavy atom. The van der Waals surface area contributed by atoms with Crippen LogP contribution in [0.15, 0.2) is 23.2 Å². The number of anilines is 1. The van der Waals surface area contributed by atoms with Crippen LogP contribution in [0.3, 0.4) is 0 Å². The molecule has 0 amide bonds. The van der Waals surface area contributed by atoms with Gasteiger partial charge < -0.3 is 10.2 Å². The van der Waals surface area contributed by atoms with E-state index in [0.717, 1.165) is 12.8 Å². The summed E-state index contributed by atoms with van der Waals surface area (Å²) in [5.74, 6) is 0.661. The normalized spacial score (nSPS) is 21.1. The lowest BCUT2D eigenvalue weighted by Crippen LogP contribution is -2.47. The summed E-state index contributed by atoms with van der Waals surface area (Å²) >= 11 is 0. The number of likely N-dealkylation sites (N-methyl/N-ethyl adjacent to an activating group) is 1. The number of aromatic nitrogens is 1. The van der Waals surface area contributed by atoms with Gasteiger partial charge in [0.1, 0.15) is 10.7 Å². The highest BCUT2D eigenvalue weighted by molar-refractivity contribution is 7.89. The van der Waals surface area contributed by atoms with E-state index in [9.17, 15) is 8.42 Å². The van der Waals surface area contributed by atoms with Crippen LogP contribution in [0.1, 0.15) is 12.8 Å². The standard InChI is InChI=1S/C13H22N4O2S/c1-14-13-7-6-12(9-15-13)20(18,19)17-8-4-5-11(10-17)16(2)3/h6-7,9,11H,4-5,8,10H2,1-3H3,(H,14,15). The Kier molecular flexibility index (Phi) is 4.62. The fourth-order valence-corrected chi connectivity index (χ4v) is 3.85. The van der Waals surface area contributed by atoms with Crippen LogP contribution in [0.4, 0.5) is 5.82 Å². The second-order valence-corrected chi connectivity index (χ2v) is 7.19. The van der Waals surface area contributed by atoms with Gasteiger partial charge in [0.25, 0.3) is 0 Å². The lowest BCUT2D eigenvalue weighted by atomic mass is 10.1. The molecule has 20 heavy (non-hydrogen) atoms. The van der Waals surface area contributed by atoms with E-state index in [2.05, 4.69) is 15.2 Å². The average molecular weight is 298 g/mol. The van der Waals surface area contributed by atoms with E-state index in [1.165, 1.54) is 6.20 Å². The van der Waals surface area contributed by atoms with Gasteiger partial charge in [0.15, 0.2) is 0 Å². The predicted molar refractivity (Wildman–Crippen MR) is 79.3 cm³/mol. The first-order valence-electron chi connectivity index (χ1n) is 6.75. The monoisotopic (exact) mass is 298 g/mol. The van der Waals surface area contributed by atoms with Crippen molar-refractivity contribution in [1.82, 2.24) is 14.2 Å². The molecule has 1 fully saturated rings. The van der Waals surface area contributed by atoms with Gasteiger partial charge in [-0.05, 0) is 39.1 Å². The first-order valence-corrected chi connectivity index (χ1v) is 8.19. The third-order valence-corrected chi connectivity index (χ3v) is 5.57. The van der Waals surface area contributed by atoms with E-state index in [0.29, 0.717) is 18.9 Å². The van der Waals surface area contributed by atoms with Crippen molar-refractivity contribution in [3.63, 3.8) is 0 Å². The molecule has 0 aliphatic carbocycles. The second kappa shape index (κ2) is 6.07. The van der Waals surface area contributed by atoms with Gasteiger partial charge in [-0.15, -0.1) is 0 Å². The highest BCUT2D eigenvalue weighted by Crippen LogP contribution is 2.22. The smallest absolute Gasteiger partial charge is 0.244 e.